The topological polar surface area (TPSA) is 29.1 Å². The van der Waals surface area contributed by atoms with Crippen molar-refractivity contribution in [3.63, 3.8) is 0 Å². The van der Waals surface area contributed by atoms with Gasteiger partial charge in [-0.2, -0.15) is 11.8 Å². The van der Waals surface area contributed by atoms with Crippen LogP contribution in [-0.2, 0) is 0 Å². The lowest BCUT2D eigenvalue weighted by molar-refractivity contribution is 0.0952. The molecule has 1 atom stereocenters. The van der Waals surface area contributed by atoms with Crippen LogP contribution in [0.25, 0.3) is 0 Å². The molecule has 1 unspecified atom stereocenters. The first-order valence-corrected chi connectivity index (χ1v) is 7.37. The number of carbonyl (C=O) groups excluding carboxylic acids is 1. The van der Waals surface area contributed by atoms with Gasteiger partial charge < -0.3 is 5.32 Å². The second kappa shape index (κ2) is 6.23. The first kappa shape index (κ1) is 13.4. The van der Waals surface area contributed by atoms with Gasteiger partial charge in [-0.15, -0.1) is 0 Å². The third-order valence-electron chi connectivity index (χ3n) is 3.20. The number of thioether (sulfide) groups is 1. The van der Waals surface area contributed by atoms with E-state index in [1.54, 1.807) is 13.0 Å². The van der Waals surface area contributed by atoms with Crippen molar-refractivity contribution in [1.29, 1.82) is 0 Å². The molecule has 0 bridgehead atoms. The summed E-state index contributed by atoms with van der Waals surface area (Å²) in [4.78, 5) is 12.0. The van der Waals surface area contributed by atoms with Crippen molar-refractivity contribution in [1.82, 2.24) is 5.32 Å². The maximum atomic E-state index is 13.0. The van der Waals surface area contributed by atoms with E-state index in [1.165, 1.54) is 37.1 Å². The van der Waals surface area contributed by atoms with Crippen molar-refractivity contribution in [2.24, 2.45) is 0 Å². The zero-order valence-electron chi connectivity index (χ0n) is 10.5. The molecule has 1 heterocycles. The molecule has 0 aromatic heterocycles. The number of amides is 1. The normalized spacial score (nSPS) is 19.6. The number of aryl methyl sites for hydroxylation is 1. The summed E-state index contributed by atoms with van der Waals surface area (Å²) in [5, 5.41) is 3.48. The van der Waals surface area contributed by atoms with Crippen LogP contribution in [0.4, 0.5) is 4.39 Å². The minimum absolute atomic E-state index is 0.0985. The Labute approximate surface area is 111 Å². The highest BCUT2D eigenvalue weighted by molar-refractivity contribution is 7.99. The Morgan fingerprint density at radius 2 is 2.33 bits per heavy atom. The molecule has 18 heavy (non-hydrogen) atoms. The SMILES string of the molecule is Cc1cc(F)ccc1C(=O)NCC1CCCCS1. The first-order valence-electron chi connectivity index (χ1n) is 6.33. The maximum absolute atomic E-state index is 13.0. The molecule has 0 aliphatic carbocycles. The second-order valence-electron chi connectivity index (χ2n) is 4.66. The first-order chi connectivity index (χ1) is 8.66. The van der Waals surface area contributed by atoms with E-state index in [0.29, 0.717) is 22.9 Å². The number of hydrogen-bond donors (Lipinski definition) is 1. The molecule has 1 aliphatic heterocycles. The summed E-state index contributed by atoms with van der Waals surface area (Å²) >= 11 is 1.93. The van der Waals surface area contributed by atoms with E-state index in [9.17, 15) is 9.18 Å². The molecule has 1 aromatic carbocycles. The van der Waals surface area contributed by atoms with Crippen molar-refractivity contribution in [3.8, 4) is 0 Å². The highest BCUT2D eigenvalue weighted by Gasteiger charge is 2.16. The minimum Gasteiger partial charge on any atom is -0.351 e. The molecule has 1 amide bonds. The number of rotatable bonds is 3. The fourth-order valence-electron chi connectivity index (χ4n) is 2.15. The summed E-state index contributed by atoms with van der Waals surface area (Å²) in [6.07, 6.45) is 3.71. The molecule has 2 rings (SSSR count). The van der Waals surface area contributed by atoms with Gasteiger partial charge in [-0.05, 0) is 49.3 Å². The summed E-state index contributed by atoms with van der Waals surface area (Å²) in [5.41, 5.74) is 1.25. The molecule has 1 aromatic rings. The van der Waals surface area contributed by atoms with Gasteiger partial charge in [0.25, 0.3) is 5.91 Å². The third kappa shape index (κ3) is 3.48. The van der Waals surface area contributed by atoms with Crippen molar-refractivity contribution < 1.29 is 9.18 Å². The van der Waals surface area contributed by atoms with Crippen LogP contribution in [-0.4, -0.2) is 23.5 Å². The van der Waals surface area contributed by atoms with E-state index in [1.807, 2.05) is 11.8 Å². The van der Waals surface area contributed by atoms with E-state index in [2.05, 4.69) is 5.32 Å². The van der Waals surface area contributed by atoms with Crippen LogP contribution in [0.2, 0.25) is 0 Å². The fraction of sp³-hybridized carbons (Fsp3) is 0.500. The Balaban J connectivity index is 1.90. The Morgan fingerprint density at radius 3 is 3.00 bits per heavy atom. The largest absolute Gasteiger partial charge is 0.351 e. The molecular formula is C14H18FNOS. The van der Waals surface area contributed by atoms with Crippen molar-refractivity contribution in [2.45, 2.75) is 31.4 Å². The zero-order chi connectivity index (χ0) is 13.0. The molecule has 1 fully saturated rings. The second-order valence-corrected chi connectivity index (χ2v) is 6.07. The molecule has 1 saturated heterocycles. The van der Waals surface area contributed by atoms with Crippen molar-refractivity contribution in [3.05, 3.63) is 35.1 Å². The van der Waals surface area contributed by atoms with Crippen LogP contribution in [0, 0.1) is 12.7 Å². The molecule has 0 saturated carbocycles. The lowest BCUT2D eigenvalue weighted by Gasteiger charge is -2.21. The number of benzene rings is 1. The Hall–Kier alpha value is -1.03. The molecule has 4 heteroatoms. The summed E-state index contributed by atoms with van der Waals surface area (Å²) in [7, 11) is 0. The van der Waals surface area contributed by atoms with Crippen molar-refractivity contribution >= 4 is 17.7 Å². The van der Waals surface area contributed by atoms with Gasteiger partial charge in [0.05, 0.1) is 0 Å². The number of nitrogens with one attached hydrogen (secondary N) is 1. The van der Waals surface area contributed by atoms with Gasteiger partial charge in [0.1, 0.15) is 5.82 Å². The average Bonchev–Trinajstić information content (AvgIpc) is 2.37. The molecule has 2 nitrogen and oxygen atoms in total. The highest BCUT2D eigenvalue weighted by Crippen LogP contribution is 2.24. The summed E-state index contributed by atoms with van der Waals surface area (Å²) < 4.78 is 13.0. The van der Waals surface area contributed by atoms with Crippen LogP contribution in [0.5, 0.6) is 0 Å². The fourth-order valence-corrected chi connectivity index (χ4v) is 3.39. The van der Waals surface area contributed by atoms with Crippen molar-refractivity contribution in [2.75, 3.05) is 12.3 Å². The van der Waals surface area contributed by atoms with Crippen LogP contribution in [0.1, 0.15) is 35.2 Å². The van der Waals surface area contributed by atoms with Crippen LogP contribution < -0.4 is 5.32 Å². The van der Waals surface area contributed by atoms with Gasteiger partial charge in [0.2, 0.25) is 0 Å². The summed E-state index contributed by atoms with van der Waals surface area (Å²) in [6.45, 7) is 2.47. The predicted octanol–water partition coefficient (Wildman–Crippen LogP) is 3.15. The van der Waals surface area contributed by atoms with E-state index >= 15 is 0 Å². The smallest absolute Gasteiger partial charge is 0.251 e. The van der Waals surface area contributed by atoms with Gasteiger partial charge in [0, 0.05) is 17.4 Å². The predicted molar refractivity (Wildman–Crippen MR) is 73.6 cm³/mol. The molecular weight excluding hydrogens is 249 g/mol. The Kier molecular flexibility index (Phi) is 4.64. The standard InChI is InChI=1S/C14H18FNOS/c1-10-8-11(15)5-6-13(10)14(17)16-9-12-4-2-3-7-18-12/h5-6,8,12H,2-4,7,9H2,1H3,(H,16,17). The quantitative estimate of drug-likeness (QED) is 0.911. The summed E-state index contributed by atoms with van der Waals surface area (Å²) in [5.74, 6) is 0.793. The van der Waals surface area contributed by atoms with Gasteiger partial charge in [-0.3, -0.25) is 4.79 Å². The van der Waals surface area contributed by atoms with E-state index in [0.717, 1.165) is 0 Å². The van der Waals surface area contributed by atoms with Gasteiger partial charge in [-0.1, -0.05) is 6.42 Å². The van der Waals surface area contributed by atoms with E-state index in [-0.39, 0.29) is 11.7 Å². The third-order valence-corrected chi connectivity index (χ3v) is 4.60. The highest BCUT2D eigenvalue weighted by atomic mass is 32.2. The van der Waals surface area contributed by atoms with Crippen LogP contribution >= 0.6 is 11.8 Å². The zero-order valence-corrected chi connectivity index (χ0v) is 11.4. The average molecular weight is 267 g/mol. The van der Waals surface area contributed by atoms with Gasteiger partial charge in [-0.25, -0.2) is 4.39 Å². The number of halogens is 1. The van der Waals surface area contributed by atoms with E-state index in [4.69, 9.17) is 0 Å². The minimum atomic E-state index is -0.299. The molecule has 1 N–H and O–H groups in total. The van der Waals surface area contributed by atoms with Gasteiger partial charge >= 0.3 is 0 Å². The lowest BCUT2D eigenvalue weighted by Crippen LogP contribution is -2.32. The molecule has 98 valence electrons. The number of hydrogen-bond acceptors (Lipinski definition) is 2. The van der Waals surface area contributed by atoms with Crippen LogP contribution in [0.15, 0.2) is 18.2 Å². The molecule has 1 aliphatic rings. The maximum Gasteiger partial charge on any atom is 0.251 e. The van der Waals surface area contributed by atoms with Crippen LogP contribution in [0.3, 0.4) is 0 Å². The molecule has 0 radical (unpaired) electrons. The Bertz CT molecular complexity index is 430. The molecule has 0 spiro atoms. The van der Waals surface area contributed by atoms with Gasteiger partial charge in [0.15, 0.2) is 0 Å². The monoisotopic (exact) mass is 267 g/mol. The lowest BCUT2D eigenvalue weighted by atomic mass is 10.1. The summed E-state index contributed by atoms with van der Waals surface area (Å²) in [6, 6.07) is 4.27. The Morgan fingerprint density at radius 1 is 1.50 bits per heavy atom. The van der Waals surface area contributed by atoms with E-state index < -0.39 is 0 Å². The number of carbonyl (C=O) groups is 1.